The first-order chi connectivity index (χ1) is 11.6. The van der Waals surface area contributed by atoms with Gasteiger partial charge in [0.25, 0.3) is 0 Å². The number of nitrogens with zero attached hydrogens (tertiary/aromatic N) is 1. The topological polar surface area (TPSA) is 77.1 Å². The van der Waals surface area contributed by atoms with Crippen LogP contribution in [0.25, 0.3) is 0 Å². The zero-order valence-corrected chi connectivity index (χ0v) is 16.1. The van der Waals surface area contributed by atoms with Crippen LogP contribution in [0.5, 0.6) is 0 Å². The molecule has 2 aliphatic rings. The van der Waals surface area contributed by atoms with Crippen LogP contribution in [0, 0.1) is 5.92 Å². The molecule has 0 aromatic carbocycles. The molecule has 0 saturated carbocycles. The van der Waals surface area contributed by atoms with Gasteiger partial charge >= 0.3 is 6.09 Å². The van der Waals surface area contributed by atoms with Crippen molar-refractivity contribution in [1.29, 1.82) is 0 Å². The molecule has 0 bridgehead atoms. The van der Waals surface area contributed by atoms with Crippen molar-refractivity contribution in [3.05, 3.63) is 0 Å². The molecule has 7 nitrogen and oxygen atoms in total. The van der Waals surface area contributed by atoms with Gasteiger partial charge in [0.1, 0.15) is 11.6 Å². The number of amides is 2. The predicted molar refractivity (Wildman–Crippen MR) is 93.1 cm³/mol. The average Bonchev–Trinajstić information content (AvgIpc) is 2.92. The molecular weight excluding hydrogens is 324 g/mol. The lowest BCUT2D eigenvalue weighted by Crippen LogP contribution is -2.54. The van der Waals surface area contributed by atoms with Gasteiger partial charge in [-0.3, -0.25) is 4.79 Å². The molecule has 2 amide bonds. The molecule has 0 radical (unpaired) electrons. The number of carbonyl (C=O) groups is 2. The van der Waals surface area contributed by atoms with Crippen LogP contribution in [0.4, 0.5) is 4.79 Å². The second-order valence-corrected chi connectivity index (χ2v) is 8.26. The summed E-state index contributed by atoms with van der Waals surface area (Å²) >= 11 is 0. The van der Waals surface area contributed by atoms with Gasteiger partial charge in [-0.2, -0.15) is 0 Å². The second kappa shape index (κ2) is 7.91. The van der Waals surface area contributed by atoms with E-state index in [2.05, 4.69) is 5.32 Å². The maximum absolute atomic E-state index is 12.9. The zero-order chi connectivity index (χ0) is 18.7. The van der Waals surface area contributed by atoms with E-state index in [0.29, 0.717) is 45.6 Å². The molecule has 1 atom stereocenters. The van der Waals surface area contributed by atoms with Gasteiger partial charge in [-0.25, -0.2) is 4.79 Å². The highest BCUT2D eigenvalue weighted by atomic mass is 16.7. The Morgan fingerprint density at radius 3 is 2.20 bits per heavy atom. The van der Waals surface area contributed by atoms with Crippen LogP contribution < -0.4 is 5.32 Å². The smallest absolute Gasteiger partial charge is 0.408 e. The number of nitrogens with one attached hydrogen (secondary N) is 1. The molecule has 1 spiro atoms. The van der Waals surface area contributed by atoms with Gasteiger partial charge in [0.15, 0.2) is 5.79 Å². The number of hydrogen-bond acceptors (Lipinski definition) is 5. The lowest BCUT2D eigenvalue weighted by molar-refractivity contribution is -0.188. The van der Waals surface area contributed by atoms with E-state index >= 15 is 0 Å². The van der Waals surface area contributed by atoms with Gasteiger partial charge in [0.2, 0.25) is 5.91 Å². The molecule has 1 unspecified atom stereocenters. The zero-order valence-electron chi connectivity index (χ0n) is 16.1. The van der Waals surface area contributed by atoms with Crippen LogP contribution in [-0.2, 0) is 19.0 Å². The average molecular weight is 356 g/mol. The number of likely N-dealkylation sites (tertiary alicyclic amines) is 1. The van der Waals surface area contributed by atoms with E-state index in [9.17, 15) is 9.59 Å². The molecule has 7 heteroatoms. The summed E-state index contributed by atoms with van der Waals surface area (Å²) < 4.78 is 16.7. The number of alkyl carbamates (subject to hydrolysis) is 1. The van der Waals surface area contributed by atoms with E-state index in [1.54, 1.807) is 25.7 Å². The van der Waals surface area contributed by atoms with E-state index in [-0.39, 0.29) is 11.8 Å². The lowest BCUT2D eigenvalue weighted by Gasteiger charge is -2.39. The summed E-state index contributed by atoms with van der Waals surface area (Å²) in [6.45, 7) is 11.8. The molecule has 25 heavy (non-hydrogen) atoms. The molecule has 0 aliphatic carbocycles. The molecule has 2 aliphatic heterocycles. The molecule has 2 fully saturated rings. The minimum Gasteiger partial charge on any atom is -0.444 e. The van der Waals surface area contributed by atoms with E-state index in [4.69, 9.17) is 14.2 Å². The van der Waals surface area contributed by atoms with Crippen molar-refractivity contribution in [1.82, 2.24) is 10.2 Å². The number of piperidine rings is 1. The maximum Gasteiger partial charge on any atom is 0.408 e. The highest BCUT2D eigenvalue weighted by Gasteiger charge is 2.42. The minimum absolute atomic E-state index is 0.0626. The molecular formula is C18H32N2O5. The fourth-order valence-corrected chi connectivity index (χ4v) is 3.22. The third-order valence-corrected chi connectivity index (χ3v) is 4.35. The quantitative estimate of drug-likeness (QED) is 0.836. The standard InChI is InChI=1S/C18H32N2O5/c1-13(2)12-14(19-16(22)25-17(3,4)5)15(21)20-8-6-18(7-9-20)23-10-11-24-18/h13-14H,6-12H2,1-5H3,(H,19,22). The Labute approximate surface area is 150 Å². The summed E-state index contributed by atoms with van der Waals surface area (Å²) in [5.74, 6) is -0.294. The first-order valence-electron chi connectivity index (χ1n) is 9.16. The Bertz CT molecular complexity index is 470. The number of carbonyl (C=O) groups excluding carboxylic acids is 2. The van der Waals surface area contributed by atoms with E-state index < -0.39 is 23.5 Å². The van der Waals surface area contributed by atoms with Crippen molar-refractivity contribution < 1.29 is 23.8 Å². The molecule has 0 aromatic rings. The highest BCUT2D eigenvalue weighted by molar-refractivity contribution is 5.85. The van der Waals surface area contributed by atoms with Crippen molar-refractivity contribution >= 4 is 12.0 Å². The number of ether oxygens (including phenoxy) is 3. The van der Waals surface area contributed by atoms with Gasteiger partial charge in [-0.05, 0) is 33.1 Å². The predicted octanol–water partition coefficient (Wildman–Crippen LogP) is 2.29. The van der Waals surface area contributed by atoms with Crippen molar-refractivity contribution in [3.8, 4) is 0 Å². The fourth-order valence-electron chi connectivity index (χ4n) is 3.22. The van der Waals surface area contributed by atoms with Gasteiger partial charge < -0.3 is 24.4 Å². The lowest BCUT2D eigenvalue weighted by atomic mass is 9.99. The Balaban J connectivity index is 1.94. The summed E-state index contributed by atoms with van der Waals surface area (Å²) in [5.41, 5.74) is -0.593. The highest BCUT2D eigenvalue weighted by Crippen LogP contribution is 2.31. The van der Waals surface area contributed by atoms with Crippen LogP contribution in [0.3, 0.4) is 0 Å². The van der Waals surface area contributed by atoms with Crippen LogP contribution >= 0.6 is 0 Å². The molecule has 2 heterocycles. The summed E-state index contributed by atoms with van der Waals surface area (Å²) in [5, 5.41) is 2.75. The van der Waals surface area contributed by atoms with Gasteiger partial charge in [0, 0.05) is 25.9 Å². The van der Waals surface area contributed by atoms with E-state index in [1.165, 1.54) is 0 Å². The first-order valence-corrected chi connectivity index (χ1v) is 9.16. The molecule has 2 saturated heterocycles. The Morgan fingerprint density at radius 1 is 1.16 bits per heavy atom. The number of hydrogen-bond donors (Lipinski definition) is 1. The molecule has 0 aromatic heterocycles. The Kier molecular flexibility index (Phi) is 6.32. The van der Waals surface area contributed by atoms with Gasteiger partial charge in [-0.15, -0.1) is 0 Å². The summed E-state index contributed by atoms with van der Waals surface area (Å²) in [6, 6.07) is -0.575. The molecule has 1 N–H and O–H groups in total. The molecule has 2 rings (SSSR count). The largest absolute Gasteiger partial charge is 0.444 e. The summed E-state index contributed by atoms with van der Waals surface area (Å²) in [6.07, 6.45) is 1.36. The minimum atomic E-state index is -0.593. The van der Waals surface area contributed by atoms with Crippen LogP contribution in [-0.4, -0.2) is 60.6 Å². The first kappa shape index (κ1) is 20.0. The fraction of sp³-hybridized carbons (Fsp3) is 0.889. The maximum atomic E-state index is 12.9. The van der Waals surface area contributed by atoms with Gasteiger partial charge in [0.05, 0.1) is 13.2 Å². The van der Waals surface area contributed by atoms with Crippen molar-refractivity contribution in [2.24, 2.45) is 5.92 Å². The Hall–Kier alpha value is -1.34. The molecule has 144 valence electrons. The van der Waals surface area contributed by atoms with E-state index in [1.807, 2.05) is 13.8 Å². The van der Waals surface area contributed by atoms with Crippen LogP contribution in [0.1, 0.15) is 53.9 Å². The van der Waals surface area contributed by atoms with E-state index in [0.717, 1.165) is 0 Å². The summed E-state index contributed by atoms with van der Waals surface area (Å²) in [4.78, 5) is 26.8. The van der Waals surface area contributed by atoms with Crippen molar-refractivity contribution in [3.63, 3.8) is 0 Å². The monoisotopic (exact) mass is 356 g/mol. The van der Waals surface area contributed by atoms with Crippen molar-refractivity contribution in [2.75, 3.05) is 26.3 Å². The number of rotatable bonds is 4. The normalized spacial score (nSPS) is 21.4. The van der Waals surface area contributed by atoms with Crippen LogP contribution in [0.15, 0.2) is 0 Å². The third kappa shape index (κ3) is 5.85. The third-order valence-electron chi connectivity index (χ3n) is 4.35. The second-order valence-electron chi connectivity index (χ2n) is 8.26. The summed E-state index contributed by atoms with van der Waals surface area (Å²) in [7, 11) is 0. The van der Waals surface area contributed by atoms with Crippen molar-refractivity contribution in [2.45, 2.75) is 71.3 Å². The van der Waals surface area contributed by atoms with Crippen LogP contribution in [0.2, 0.25) is 0 Å². The van der Waals surface area contributed by atoms with Gasteiger partial charge in [-0.1, -0.05) is 13.8 Å². The SMILES string of the molecule is CC(C)CC(NC(=O)OC(C)(C)C)C(=O)N1CCC2(CC1)OCCO2. The Morgan fingerprint density at radius 2 is 1.72 bits per heavy atom.